The first-order valence-electron chi connectivity index (χ1n) is 6.29. The fourth-order valence-corrected chi connectivity index (χ4v) is 1.95. The maximum absolute atomic E-state index is 12.2. The molecular formula is C14H18N4O2. The molecule has 0 aliphatic rings. The first-order valence-corrected chi connectivity index (χ1v) is 6.29. The fourth-order valence-electron chi connectivity index (χ4n) is 1.95. The smallest absolute Gasteiger partial charge is 0.228 e. The van der Waals surface area contributed by atoms with E-state index in [1.165, 1.54) is 7.11 Å². The molecule has 0 aromatic carbocycles. The standard InChI is InChI=1S/C14H18N4O2/c1-9-5-6-15-14(17-9)18(3)8-11-7-16-10(2)13(20-4)12(11)19/h5-7H,8H2,1-4H3,(H,16,19). The third-order valence-electron chi connectivity index (χ3n) is 3.04. The van der Waals surface area contributed by atoms with Gasteiger partial charge in [0, 0.05) is 30.7 Å². The van der Waals surface area contributed by atoms with Crippen LogP contribution in [0.2, 0.25) is 0 Å². The van der Waals surface area contributed by atoms with E-state index in [1.54, 1.807) is 19.3 Å². The maximum atomic E-state index is 12.2. The van der Waals surface area contributed by atoms with Gasteiger partial charge in [0.05, 0.1) is 19.3 Å². The van der Waals surface area contributed by atoms with E-state index < -0.39 is 0 Å². The minimum Gasteiger partial charge on any atom is -0.491 e. The van der Waals surface area contributed by atoms with Gasteiger partial charge < -0.3 is 14.6 Å². The summed E-state index contributed by atoms with van der Waals surface area (Å²) in [6, 6.07) is 1.83. The first kappa shape index (κ1) is 14.0. The van der Waals surface area contributed by atoms with Crippen molar-refractivity contribution in [1.29, 1.82) is 0 Å². The lowest BCUT2D eigenvalue weighted by Gasteiger charge is -2.17. The monoisotopic (exact) mass is 274 g/mol. The fraction of sp³-hybridized carbons (Fsp3) is 0.357. The SMILES string of the molecule is COc1c(C)[nH]cc(CN(C)c2nccc(C)n2)c1=O. The van der Waals surface area contributed by atoms with Crippen molar-refractivity contribution in [2.45, 2.75) is 20.4 Å². The molecule has 0 bridgehead atoms. The van der Waals surface area contributed by atoms with Crippen LogP contribution in [-0.2, 0) is 6.54 Å². The summed E-state index contributed by atoms with van der Waals surface area (Å²) in [5.74, 6) is 0.935. The number of pyridine rings is 1. The van der Waals surface area contributed by atoms with Crippen LogP contribution in [0, 0.1) is 13.8 Å². The Hall–Kier alpha value is -2.37. The molecule has 6 nitrogen and oxygen atoms in total. The van der Waals surface area contributed by atoms with Crippen molar-refractivity contribution >= 4 is 5.95 Å². The molecule has 2 aromatic heterocycles. The van der Waals surface area contributed by atoms with Gasteiger partial charge in [0.15, 0.2) is 5.75 Å². The number of aromatic nitrogens is 3. The molecule has 0 radical (unpaired) electrons. The van der Waals surface area contributed by atoms with E-state index in [1.807, 2.05) is 24.9 Å². The van der Waals surface area contributed by atoms with Crippen molar-refractivity contribution in [3.8, 4) is 5.75 Å². The van der Waals surface area contributed by atoms with Crippen LogP contribution >= 0.6 is 0 Å². The van der Waals surface area contributed by atoms with Crippen LogP contribution in [0.25, 0.3) is 0 Å². The van der Waals surface area contributed by atoms with Gasteiger partial charge in [0.1, 0.15) is 0 Å². The summed E-state index contributed by atoms with van der Waals surface area (Å²) < 4.78 is 5.13. The highest BCUT2D eigenvalue weighted by Crippen LogP contribution is 2.12. The number of rotatable bonds is 4. The molecule has 2 rings (SSSR count). The van der Waals surface area contributed by atoms with E-state index in [0.717, 1.165) is 11.4 Å². The highest BCUT2D eigenvalue weighted by Gasteiger charge is 2.12. The van der Waals surface area contributed by atoms with Crippen LogP contribution in [0.3, 0.4) is 0 Å². The van der Waals surface area contributed by atoms with Crippen molar-refractivity contribution in [1.82, 2.24) is 15.0 Å². The summed E-state index contributed by atoms with van der Waals surface area (Å²) in [6.45, 7) is 4.12. The minimum atomic E-state index is -0.108. The Labute approximate surface area is 117 Å². The Kier molecular flexibility index (Phi) is 4.02. The summed E-state index contributed by atoms with van der Waals surface area (Å²) in [6.07, 6.45) is 3.40. The molecule has 0 saturated carbocycles. The van der Waals surface area contributed by atoms with Crippen molar-refractivity contribution in [3.63, 3.8) is 0 Å². The van der Waals surface area contributed by atoms with Crippen molar-refractivity contribution in [3.05, 3.63) is 45.6 Å². The average molecular weight is 274 g/mol. The molecule has 2 heterocycles. The van der Waals surface area contributed by atoms with E-state index in [2.05, 4.69) is 15.0 Å². The summed E-state index contributed by atoms with van der Waals surface area (Å²) in [4.78, 5) is 25.6. The summed E-state index contributed by atoms with van der Waals surface area (Å²) in [5.41, 5.74) is 2.11. The van der Waals surface area contributed by atoms with Gasteiger partial charge in [0.2, 0.25) is 11.4 Å². The molecule has 0 fully saturated rings. The summed E-state index contributed by atoms with van der Waals surface area (Å²) >= 11 is 0. The lowest BCUT2D eigenvalue weighted by molar-refractivity contribution is 0.404. The molecule has 0 saturated heterocycles. The lowest BCUT2D eigenvalue weighted by Crippen LogP contribution is -2.24. The predicted molar refractivity (Wildman–Crippen MR) is 77.2 cm³/mol. The van der Waals surface area contributed by atoms with E-state index in [-0.39, 0.29) is 5.43 Å². The van der Waals surface area contributed by atoms with Gasteiger partial charge in [-0.15, -0.1) is 0 Å². The minimum absolute atomic E-state index is 0.108. The zero-order chi connectivity index (χ0) is 14.7. The average Bonchev–Trinajstić information content (AvgIpc) is 2.42. The molecule has 0 aliphatic carbocycles. The van der Waals surface area contributed by atoms with Gasteiger partial charge in [-0.3, -0.25) is 4.79 Å². The highest BCUT2D eigenvalue weighted by atomic mass is 16.5. The zero-order valence-electron chi connectivity index (χ0n) is 12.1. The normalized spacial score (nSPS) is 10.4. The first-order chi connectivity index (χ1) is 9.52. The number of aromatic amines is 1. The Morgan fingerprint density at radius 2 is 2.15 bits per heavy atom. The number of nitrogens with zero attached hydrogens (tertiary/aromatic N) is 3. The Morgan fingerprint density at radius 3 is 2.80 bits per heavy atom. The molecule has 20 heavy (non-hydrogen) atoms. The topological polar surface area (TPSA) is 71.1 Å². The zero-order valence-corrected chi connectivity index (χ0v) is 12.1. The highest BCUT2D eigenvalue weighted by molar-refractivity contribution is 5.35. The van der Waals surface area contributed by atoms with Crippen LogP contribution in [-0.4, -0.2) is 29.1 Å². The number of H-pyrrole nitrogens is 1. The molecule has 2 aromatic rings. The van der Waals surface area contributed by atoms with Crippen LogP contribution < -0.4 is 15.1 Å². The number of anilines is 1. The van der Waals surface area contributed by atoms with Gasteiger partial charge in [-0.05, 0) is 19.9 Å². The van der Waals surface area contributed by atoms with E-state index in [4.69, 9.17) is 4.74 Å². The van der Waals surface area contributed by atoms with Crippen LogP contribution in [0.15, 0.2) is 23.3 Å². The molecule has 6 heteroatoms. The lowest BCUT2D eigenvalue weighted by atomic mass is 10.2. The number of hydrogen-bond acceptors (Lipinski definition) is 5. The van der Waals surface area contributed by atoms with Crippen LogP contribution in [0.5, 0.6) is 5.75 Å². The second-order valence-corrected chi connectivity index (χ2v) is 4.66. The molecule has 106 valence electrons. The number of nitrogens with one attached hydrogen (secondary N) is 1. The quantitative estimate of drug-likeness (QED) is 0.913. The summed E-state index contributed by atoms with van der Waals surface area (Å²) in [7, 11) is 3.34. The van der Waals surface area contributed by atoms with E-state index >= 15 is 0 Å². The molecule has 0 amide bonds. The number of hydrogen-bond donors (Lipinski definition) is 1. The number of methoxy groups -OCH3 is 1. The van der Waals surface area contributed by atoms with Crippen molar-refractivity contribution in [2.75, 3.05) is 19.1 Å². The van der Waals surface area contributed by atoms with Gasteiger partial charge >= 0.3 is 0 Å². The van der Waals surface area contributed by atoms with Crippen LogP contribution in [0.4, 0.5) is 5.95 Å². The van der Waals surface area contributed by atoms with Gasteiger partial charge in [-0.25, -0.2) is 9.97 Å². The number of aryl methyl sites for hydroxylation is 2. The molecule has 0 unspecified atom stereocenters. The number of ether oxygens (including phenoxy) is 1. The predicted octanol–water partition coefficient (Wildman–Crippen LogP) is 1.43. The third-order valence-corrected chi connectivity index (χ3v) is 3.04. The maximum Gasteiger partial charge on any atom is 0.228 e. The molecule has 1 N–H and O–H groups in total. The van der Waals surface area contributed by atoms with Crippen molar-refractivity contribution in [2.24, 2.45) is 0 Å². The van der Waals surface area contributed by atoms with Crippen molar-refractivity contribution < 1.29 is 4.74 Å². The molecule has 0 atom stereocenters. The van der Waals surface area contributed by atoms with E-state index in [9.17, 15) is 4.79 Å². The third kappa shape index (κ3) is 2.79. The molecule has 0 aliphatic heterocycles. The van der Waals surface area contributed by atoms with E-state index in [0.29, 0.717) is 23.8 Å². The summed E-state index contributed by atoms with van der Waals surface area (Å²) in [5, 5.41) is 0. The largest absolute Gasteiger partial charge is 0.491 e. The van der Waals surface area contributed by atoms with Gasteiger partial charge in [-0.1, -0.05) is 0 Å². The Balaban J connectivity index is 2.29. The van der Waals surface area contributed by atoms with Gasteiger partial charge in [-0.2, -0.15) is 0 Å². The second-order valence-electron chi connectivity index (χ2n) is 4.66. The second kappa shape index (κ2) is 5.73. The van der Waals surface area contributed by atoms with Gasteiger partial charge in [0.25, 0.3) is 0 Å². The Bertz CT molecular complexity index is 666. The molecular weight excluding hydrogens is 256 g/mol. The van der Waals surface area contributed by atoms with Crippen LogP contribution in [0.1, 0.15) is 17.0 Å². The Morgan fingerprint density at radius 1 is 1.40 bits per heavy atom. The molecule has 0 spiro atoms.